The number of hydrogen-bond acceptors (Lipinski definition) is 4. The summed E-state index contributed by atoms with van der Waals surface area (Å²) in [6.07, 6.45) is 2.64. The van der Waals surface area contributed by atoms with Crippen molar-refractivity contribution < 1.29 is 9.53 Å². The number of benzene rings is 1. The van der Waals surface area contributed by atoms with Crippen LogP contribution in [0, 0.1) is 0 Å². The Morgan fingerprint density at radius 3 is 3.06 bits per heavy atom. The second kappa shape index (κ2) is 4.29. The number of carbonyl (C=O) groups is 1. The van der Waals surface area contributed by atoms with Gasteiger partial charge in [-0.15, -0.1) is 0 Å². The van der Waals surface area contributed by atoms with Gasteiger partial charge in [-0.25, -0.2) is 4.79 Å². The number of anilines is 1. The topological polar surface area (TPSA) is 42.4 Å². The van der Waals surface area contributed by atoms with Crippen molar-refractivity contribution in [1.82, 2.24) is 4.98 Å². The smallest absolute Gasteiger partial charge is 0.328 e. The van der Waals surface area contributed by atoms with Crippen molar-refractivity contribution in [1.29, 1.82) is 0 Å². The lowest BCUT2D eigenvalue weighted by Gasteiger charge is -2.40. The van der Waals surface area contributed by atoms with Crippen molar-refractivity contribution in [3.63, 3.8) is 0 Å². The number of aromatic nitrogens is 1. The van der Waals surface area contributed by atoms with Crippen LogP contribution in [-0.4, -0.2) is 30.6 Å². The van der Waals surface area contributed by atoms with Crippen LogP contribution in [-0.2, 0) is 9.53 Å². The van der Waals surface area contributed by atoms with E-state index in [0.717, 1.165) is 29.6 Å². The summed E-state index contributed by atoms with van der Waals surface area (Å²) in [7, 11) is 1.43. The molecule has 3 rings (SSSR count). The van der Waals surface area contributed by atoms with Crippen LogP contribution in [0.4, 0.5) is 5.69 Å². The molecule has 1 aliphatic heterocycles. The van der Waals surface area contributed by atoms with Crippen LogP contribution < -0.4 is 4.90 Å². The minimum absolute atomic E-state index is 0.135. The first-order chi connectivity index (χ1) is 8.79. The Labute approximate surface area is 105 Å². The molecule has 1 unspecified atom stereocenters. The van der Waals surface area contributed by atoms with Crippen LogP contribution in [0.2, 0.25) is 0 Å². The zero-order valence-corrected chi connectivity index (χ0v) is 10.2. The maximum atomic E-state index is 11.6. The van der Waals surface area contributed by atoms with E-state index in [4.69, 9.17) is 4.74 Å². The van der Waals surface area contributed by atoms with E-state index in [9.17, 15) is 4.79 Å². The lowest BCUT2D eigenvalue weighted by atomic mass is 10.0. The third-order valence-electron chi connectivity index (χ3n) is 3.41. The average molecular weight is 242 g/mol. The van der Waals surface area contributed by atoms with Gasteiger partial charge in [0.05, 0.1) is 12.6 Å². The molecule has 0 bridgehead atoms. The molecule has 18 heavy (non-hydrogen) atoms. The summed E-state index contributed by atoms with van der Waals surface area (Å²) in [6, 6.07) is 9.86. The Balaban J connectivity index is 1.93. The van der Waals surface area contributed by atoms with Gasteiger partial charge in [0.1, 0.15) is 6.04 Å². The van der Waals surface area contributed by atoms with Gasteiger partial charge in [0.15, 0.2) is 0 Å². The molecule has 4 nitrogen and oxygen atoms in total. The standard InChI is InChI=1S/C14H14N2O2/c1-18-14(17)13-6-8-16(13)11-4-5-12-10(9-11)3-2-7-15-12/h2-5,7,9,13H,6,8H2,1H3. The van der Waals surface area contributed by atoms with Gasteiger partial charge in [-0.1, -0.05) is 6.07 Å². The normalized spacial score (nSPS) is 18.5. The Bertz CT molecular complexity index is 597. The van der Waals surface area contributed by atoms with Gasteiger partial charge in [0.2, 0.25) is 0 Å². The molecule has 1 aliphatic rings. The van der Waals surface area contributed by atoms with E-state index < -0.39 is 0 Å². The number of pyridine rings is 1. The molecule has 0 aliphatic carbocycles. The lowest BCUT2D eigenvalue weighted by Crippen LogP contribution is -2.53. The number of hydrogen-bond donors (Lipinski definition) is 0. The lowest BCUT2D eigenvalue weighted by molar-refractivity contribution is -0.143. The Morgan fingerprint density at radius 1 is 1.44 bits per heavy atom. The highest BCUT2D eigenvalue weighted by Gasteiger charge is 2.35. The third kappa shape index (κ3) is 1.70. The number of rotatable bonds is 2. The first-order valence-corrected chi connectivity index (χ1v) is 5.99. The van der Waals surface area contributed by atoms with Crippen molar-refractivity contribution in [2.75, 3.05) is 18.6 Å². The number of esters is 1. The molecule has 0 amide bonds. The van der Waals surface area contributed by atoms with Crippen molar-refractivity contribution >= 4 is 22.6 Å². The van der Waals surface area contributed by atoms with Crippen LogP contribution in [0.25, 0.3) is 10.9 Å². The van der Waals surface area contributed by atoms with E-state index in [1.165, 1.54) is 7.11 Å². The van der Waals surface area contributed by atoms with Crippen LogP contribution in [0.15, 0.2) is 36.5 Å². The van der Waals surface area contributed by atoms with E-state index in [2.05, 4.69) is 16.0 Å². The van der Waals surface area contributed by atoms with Gasteiger partial charge in [0.25, 0.3) is 0 Å². The Kier molecular flexibility index (Phi) is 2.63. The first kappa shape index (κ1) is 11.0. The molecule has 0 N–H and O–H groups in total. The molecule has 92 valence electrons. The van der Waals surface area contributed by atoms with Gasteiger partial charge in [-0.05, 0) is 30.7 Å². The second-order valence-corrected chi connectivity index (χ2v) is 4.40. The number of ether oxygens (including phenoxy) is 1. The Hall–Kier alpha value is -2.10. The molecule has 0 radical (unpaired) electrons. The number of nitrogens with zero attached hydrogens (tertiary/aromatic N) is 2. The average Bonchev–Trinajstić information content (AvgIpc) is 2.37. The molecule has 2 heterocycles. The SMILES string of the molecule is COC(=O)C1CCN1c1ccc2ncccc2c1. The molecule has 1 aromatic carbocycles. The first-order valence-electron chi connectivity index (χ1n) is 5.99. The largest absolute Gasteiger partial charge is 0.467 e. The summed E-state index contributed by atoms with van der Waals surface area (Å²) in [5.74, 6) is -0.160. The maximum absolute atomic E-state index is 11.6. The summed E-state index contributed by atoms with van der Waals surface area (Å²) in [5, 5.41) is 1.09. The van der Waals surface area contributed by atoms with Crippen molar-refractivity contribution in [3.05, 3.63) is 36.5 Å². The van der Waals surface area contributed by atoms with Gasteiger partial charge < -0.3 is 9.64 Å². The van der Waals surface area contributed by atoms with E-state index >= 15 is 0 Å². The zero-order chi connectivity index (χ0) is 12.5. The minimum Gasteiger partial charge on any atom is -0.467 e. The highest BCUT2D eigenvalue weighted by Crippen LogP contribution is 2.29. The third-order valence-corrected chi connectivity index (χ3v) is 3.41. The van der Waals surface area contributed by atoms with E-state index in [1.807, 2.05) is 24.3 Å². The maximum Gasteiger partial charge on any atom is 0.328 e. The summed E-state index contributed by atoms with van der Waals surface area (Å²) >= 11 is 0. The quantitative estimate of drug-likeness (QED) is 0.755. The molecular weight excluding hydrogens is 228 g/mol. The predicted molar refractivity (Wildman–Crippen MR) is 69.5 cm³/mol. The summed E-state index contributed by atoms with van der Waals surface area (Å²) in [4.78, 5) is 17.9. The highest BCUT2D eigenvalue weighted by atomic mass is 16.5. The van der Waals surface area contributed by atoms with Crippen LogP contribution >= 0.6 is 0 Å². The predicted octanol–water partition coefficient (Wildman–Crippen LogP) is 1.99. The van der Waals surface area contributed by atoms with E-state index in [1.54, 1.807) is 6.20 Å². The fourth-order valence-corrected chi connectivity index (χ4v) is 2.32. The summed E-state index contributed by atoms with van der Waals surface area (Å²) in [5.41, 5.74) is 2.02. The van der Waals surface area contributed by atoms with E-state index in [0.29, 0.717) is 0 Å². The summed E-state index contributed by atoms with van der Waals surface area (Å²) < 4.78 is 4.80. The van der Waals surface area contributed by atoms with Gasteiger partial charge in [-0.2, -0.15) is 0 Å². The van der Waals surface area contributed by atoms with Crippen LogP contribution in [0.3, 0.4) is 0 Å². The van der Waals surface area contributed by atoms with Crippen molar-refractivity contribution in [2.45, 2.75) is 12.5 Å². The van der Waals surface area contributed by atoms with E-state index in [-0.39, 0.29) is 12.0 Å². The highest BCUT2D eigenvalue weighted by molar-refractivity contribution is 5.86. The molecule has 1 aromatic heterocycles. The molecule has 0 spiro atoms. The molecule has 1 atom stereocenters. The molecular formula is C14H14N2O2. The monoisotopic (exact) mass is 242 g/mol. The molecule has 0 saturated carbocycles. The zero-order valence-electron chi connectivity index (χ0n) is 10.2. The van der Waals surface area contributed by atoms with Crippen molar-refractivity contribution in [3.8, 4) is 0 Å². The number of fused-ring (bicyclic) bond motifs is 1. The number of carbonyl (C=O) groups excluding carboxylic acids is 1. The minimum atomic E-state index is -0.160. The molecule has 2 aromatic rings. The molecule has 1 saturated heterocycles. The Morgan fingerprint density at radius 2 is 2.33 bits per heavy atom. The molecule has 4 heteroatoms. The molecule has 1 fully saturated rings. The fourth-order valence-electron chi connectivity index (χ4n) is 2.32. The van der Waals surface area contributed by atoms with Gasteiger partial charge in [-0.3, -0.25) is 4.98 Å². The fraction of sp³-hybridized carbons (Fsp3) is 0.286. The van der Waals surface area contributed by atoms with Crippen molar-refractivity contribution in [2.24, 2.45) is 0 Å². The summed E-state index contributed by atoms with van der Waals surface area (Å²) in [6.45, 7) is 0.894. The second-order valence-electron chi connectivity index (χ2n) is 4.40. The van der Waals surface area contributed by atoms with Crippen LogP contribution in [0.5, 0.6) is 0 Å². The van der Waals surface area contributed by atoms with Crippen LogP contribution in [0.1, 0.15) is 6.42 Å². The number of methoxy groups -OCH3 is 1. The van der Waals surface area contributed by atoms with Gasteiger partial charge >= 0.3 is 5.97 Å². The van der Waals surface area contributed by atoms with Gasteiger partial charge in [0, 0.05) is 23.8 Å².